The molecule has 0 heterocycles. The van der Waals surface area contributed by atoms with Crippen LogP contribution >= 0.6 is 0 Å². The SMILES string of the molecule is COC(=O)[C@H](C)N(C)C(=O)[C@@H](C)Oc1ccc(C(C)C)c(C)c1. The summed E-state index contributed by atoms with van der Waals surface area (Å²) in [6, 6.07) is 5.18. The third kappa shape index (κ3) is 4.71. The van der Waals surface area contributed by atoms with Crippen molar-refractivity contribution in [1.29, 1.82) is 0 Å². The number of carbonyl (C=O) groups is 2. The lowest BCUT2D eigenvalue weighted by Gasteiger charge is -2.26. The van der Waals surface area contributed by atoms with Crippen molar-refractivity contribution in [2.45, 2.75) is 52.7 Å². The van der Waals surface area contributed by atoms with Gasteiger partial charge in [-0.05, 0) is 49.9 Å². The van der Waals surface area contributed by atoms with Gasteiger partial charge in [0, 0.05) is 7.05 Å². The third-order valence-corrected chi connectivity index (χ3v) is 3.99. The second-order valence-electron chi connectivity index (χ2n) is 6.08. The van der Waals surface area contributed by atoms with Crippen molar-refractivity contribution < 1.29 is 19.1 Å². The van der Waals surface area contributed by atoms with Gasteiger partial charge in [-0.15, -0.1) is 0 Å². The molecule has 0 spiro atoms. The minimum Gasteiger partial charge on any atom is -0.481 e. The van der Waals surface area contributed by atoms with Gasteiger partial charge in [0.25, 0.3) is 5.91 Å². The highest BCUT2D eigenvalue weighted by Crippen LogP contribution is 2.24. The Morgan fingerprint density at radius 3 is 2.22 bits per heavy atom. The first-order valence-electron chi connectivity index (χ1n) is 7.80. The van der Waals surface area contributed by atoms with Crippen LogP contribution in [0.4, 0.5) is 0 Å². The molecule has 1 rings (SSSR count). The second kappa shape index (κ2) is 7.99. The molecule has 2 atom stereocenters. The van der Waals surface area contributed by atoms with E-state index in [-0.39, 0.29) is 5.91 Å². The zero-order valence-corrected chi connectivity index (χ0v) is 15.0. The highest BCUT2D eigenvalue weighted by Gasteiger charge is 2.27. The fourth-order valence-corrected chi connectivity index (χ4v) is 2.43. The Balaban J connectivity index is 2.79. The number of benzene rings is 1. The van der Waals surface area contributed by atoms with Gasteiger partial charge >= 0.3 is 5.97 Å². The van der Waals surface area contributed by atoms with Gasteiger partial charge in [-0.25, -0.2) is 4.79 Å². The molecule has 5 heteroatoms. The van der Waals surface area contributed by atoms with Gasteiger partial charge in [-0.3, -0.25) is 4.79 Å². The summed E-state index contributed by atoms with van der Waals surface area (Å²) >= 11 is 0. The first kappa shape index (κ1) is 19.0. The molecule has 0 radical (unpaired) electrons. The average molecular weight is 321 g/mol. The summed E-state index contributed by atoms with van der Waals surface area (Å²) in [4.78, 5) is 25.2. The number of methoxy groups -OCH3 is 1. The standard InChI is InChI=1S/C18H27NO4/c1-11(2)16-9-8-15(10-12(16)3)23-14(5)17(20)19(6)13(4)18(21)22-7/h8-11,13-14H,1-7H3/t13-,14+/m0/s1. The van der Waals surface area contributed by atoms with Gasteiger partial charge in [0.1, 0.15) is 11.8 Å². The predicted octanol–water partition coefficient (Wildman–Crippen LogP) is 2.91. The maximum atomic E-state index is 12.4. The summed E-state index contributed by atoms with van der Waals surface area (Å²) in [6.45, 7) is 9.60. The molecule has 0 fully saturated rings. The van der Waals surface area contributed by atoms with E-state index in [4.69, 9.17) is 4.74 Å². The van der Waals surface area contributed by atoms with E-state index in [2.05, 4.69) is 18.6 Å². The predicted molar refractivity (Wildman–Crippen MR) is 89.6 cm³/mol. The van der Waals surface area contributed by atoms with Crippen LogP contribution in [-0.2, 0) is 14.3 Å². The molecule has 0 aliphatic heterocycles. The van der Waals surface area contributed by atoms with E-state index < -0.39 is 18.1 Å². The van der Waals surface area contributed by atoms with Crippen LogP contribution in [0.2, 0.25) is 0 Å². The number of carbonyl (C=O) groups excluding carboxylic acids is 2. The second-order valence-corrected chi connectivity index (χ2v) is 6.08. The molecule has 0 bridgehead atoms. The van der Waals surface area contributed by atoms with Crippen LogP contribution < -0.4 is 4.74 Å². The van der Waals surface area contributed by atoms with Crippen LogP contribution in [-0.4, -0.2) is 43.1 Å². The summed E-state index contributed by atoms with van der Waals surface area (Å²) in [5.41, 5.74) is 2.39. The largest absolute Gasteiger partial charge is 0.481 e. The Hall–Kier alpha value is -2.04. The normalized spacial score (nSPS) is 13.4. The van der Waals surface area contributed by atoms with Crippen molar-refractivity contribution in [2.24, 2.45) is 0 Å². The number of rotatable bonds is 6. The van der Waals surface area contributed by atoms with Crippen LogP contribution in [0.15, 0.2) is 18.2 Å². The zero-order valence-electron chi connectivity index (χ0n) is 15.0. The molecule has 5 nitrogen and oxygen atoms in total. The van der Waals surface area contributed by atoms with Crippen molar-refractivity contribution >= 4 is 11.9 Å². The number of amides is 1. The molecule has 128 valence electrons. The Morgan fingerprint density at radius 2 is 1.74 bits per heavy atom. The van der Waals surface area contributed by atoms with E-state index in [1.807, 2.05) is 25.1 Å². The number of hydrogen-bond acceptors (Lipinski definition) is 4. The van der Waals surface area contributed by atoms with Crippen molar-refractivity contribution in [2.75, 3.05) is 14.2 Å². The van der Waals surface area contributed by atoms with E-state index in [0.717, 1.165) is 5.56 Å². The maximum absolute atomic E-state index is 12.4. The summed E-state index contributed by atoms with van der Waals surface area (Å²) in [6.07, 6.45) is -0.684. The van der Waals surface area contributed by atoms with Gasteiger partial charge in [0.15, 0.2) is 6.10 Å². The fraction of sp³-hybridized carbons (Fsp3) is 0.556. The number of hydrogen-bond donors (Lipinski definition) is 0. The molecule has 0 N–H and O–H groups in total. The highest BCUT2D eigenvalue weighted by molar-refractivity contribution is 5.86. The molecule has 0 aliphatic carbocycles. The highest BCUT2D eigenvalue weighted by atomic mass is 16.5. The van der Waals surface area contributed by atoms with Gasteiger partial charge in [0.05, 0.1) is 7.11 Å². The van der Waals surface area contributed by atoms with Gasteiger partial charge in [0.2, 0.25) is 0 Å². The molecular formula is C18H27NO4. The molecule has 1 aromatic rings. The summed E-state index contributed by atoms with van der Waals surface area (Å²) in [5, 5.41) is 0. The van der Waals surface area contributed by atoms with Crippen molar-refractivity contribution in [3.63, 3.8) is 0 Å². The molecule has 0 aromatic heterocycles. The number of esters is 1. The number of aryl methyl sites for hydroxylation is 1. The molecule has 1 amide bonds. The smallest absolute Gasteiger partial charge is 0.328 e. The molecule has 0 unspecified atom stereocenters. The Labute approximate surface area is 138 Å². The van der Waals surface area contributed by atoms with Gasteiger partial charge < -0.3 is 14.4 Å². The van der Waals surface area contributed by atoms with Crippen LogP contribution in [0.5, 0.6) is 5.75 Å². The Kier molecular flexibility index (Phi) is 6.61. The zero-order chi connectivity index (χ0) is 17.7. The number of likely N-dealkylation sites (N-methyl/N-ethyl adjacent to an activating group) is 1. The molecule has 23 heavy (non-hydrogen) atoms. The molecule has 0 saturated heterocycles. The number of ether oxygens (including phenoxy) is 2. The quantitative estimate of drug-likeness (QED) is 0.756. The minimum atomic E-state index is -0.684. The Bertz CT molecular complexity index is 568. The van der Waals surface area contributed by atoms with Crippen LogP contribution in [0, 0.1) is 6.92 Å². The lowest BCUT2D eigenvalue weighted by atomic mass is 9.98. The van der Waals surface area contributed by atoms with E-state index in [0.29, 0.717) is 11.7 Å². The van der Waals surface area contributed by atoms with Crippen LogP contribution in [0.3, 0.4) is 0 Å². The lowest BCUT2D eigenvalue weighted by molar-refractivity contribution is -0.153. The molecular weight excluding hydrogens is 294 g/mol. The monoisotopic (exact) mass is 321 g/mol. The average Bonchev–Trinajstić information content (AvgIpc) is 2.51. The van der Waals surface area contributed by atoms with E-state index in [1.54, 1.807) is 20.9 Å². The fourth-order valence-electron chi connectivity index (χ4n) is 2.43. The van der Waals surface area contributed by atoms with Gasteiger partial charge in [-0.2, -0.15) is 0 Å². The minimum absolute atomic E-state index is 0.270. The summed E-state index contributed by atoms with van der Waals surface area (Å²) in [5.74, 6) is 0.362. The third-order valence-electron chi connectivity index (χ3n) is 3.99. The number of nitrogens with zero attached hydrogens (tertiary/aromatic N) is 1. The van der Waals surface area contributed by atoms with Gasteiger partial charge in [-0.1, -0.05) is 19.9 Å². The van der Waals surface area contributed by atoms with Crippen LogP contribution in [0.1, 0.15) is 44.7 Å². The van der Waals surface area contributed by atoms with Crippen molar-refractivity contribution in [3.05, 3.63) is 29.3 Å². The molecule has 1 aromatic carbocycles. The topological polar surface area (TPSA) is 55.8 Å². The van der Waals surface area contributed by atoms with E-state index in [1.165, 1.54) is 17.6 Å². The van der Waals surface area contributed by atoms with E-state index >= 15 is 0 Å². The van der Waals surface area contributed by atoms with E-state index in [9.17, 15) is 9.59 Å². The molecule has 0 aliphatic rings. The Morgan fingerprint density at radius 1 is 1.13 bits per heavy atom. The van der Waals surface area contributed by atoms with Crippen LogP contribution in [0.25, 0.3) is 0 Å². The molecule has 0 saturated carbocycles. The first-order chi connectivity index (χ1) is 10.7. The first-order valence-corrected chi connectivity index (χ1v) is 7.80. The van der Waals surface area contributed by atoms with Crippen molar-refractivity contribution in [1.82, 2.24) is 4.90 Å². The summed E-state index contributed by atoms with van der Waals surface area (Å²) < 4.78 is 10.4. The maximum Gasteiger partial charge on any atom is 0.328 e. The lowest BCUT2D eigenvalue weighted by Crippen LogP contribution is -2.46. The summed E-state index contributed by atoms with van der Waals surface area (Å²) in [7, 11) is 2.87. The van der Waals surface area contributed by atoms with Crippen molar-refractivity contribution in [3.8, 4) is 5.75 Å².